The molecule has 0 amide bonds. The molecule has 0 aliphatic heterocycles. The van der Waals surface area contributed by atoms with E-state index in [2.05, 4.69) is 72.2 Å². The largest absolute Gasteiger partial charge is 0.118 e. The summed E-state index contributed by atoms with van der Waals surface area (Å²) in [6, 6.07) is 12.6. The first-order valence-corrected chi connectivity index (χ1v) is 10.9. The van der Waals surface area contributed by atoms with Crippen molar-refractivity contribution in [3.8, 4) is 0 Å². The van der Waals surface area contributed by atoms with Crippen LogP contribution in [0.5, 0.6) is 0 Å². The summed E-state index contributed by atoms with van der Waals surface area (Å²) in [5, 5.41) is 4.06. The molecule has 26 heavy (non-hydrogen) atoms. The van der Waals surface area contributed by atoms with Gasteiger partial charge in [0.25, 0.3) is 0 Å². The molecule has 136 valence electrons. The van der Waals surface area contributed by atoms with E-state index < -0.39 is 0 Å². The van der Waals surface area contributed by atoms with Gasteiger partial charge in [0.1, 0.15) is 0 Å². The second-order valence-corrected chi connectivity index (χ2v) is 9.02. The number of aryl methyl sites for hydroxylation is 2. The van der Waals surface area contributed by atoms with E-state index in [0.717, 1.165) is 34.6 Å². The molecule has 2 unspecified atom stereocenters. The zero-order valence-electron chi connectivity index (χ0n) is 14.3. The van der Waals surface area contributed by atoms with E-state index in [0.29, 0.717) is 0 Å². The van der Waals surface area contributed by atoms with Gasteiger partial charge in [-0.2, -0.15) is 0 Å². The highest BCUT2D eigenvalue weighted by Gasteiger charge is 2.19. The van der Waals surface area contributed by atoms with Crippen LogP contribution in [0.3, 0.4) is 0 Å². The number of halogens is 3. The molecule has 2 atom stereocenters. The highest BCUT2D eigenvalue weighted by atomic mass is 79.9. The molecule has 2 aliphatic carbocycles. The molecule has 3 nitrogen and oxygen atoms in total. The second kappa shape index (κ2) is 9.27. The van der Waals surface area contributed by atoms with Crippen molar-refractivity contribution in [3.63, 3.8) is 0 Å². The molecule has 2 aromatic carbocycles. The van der Waals surface area contributed by atoms with Crippen LogP contribution in [-0.2, 0) is 12.8 Å². The average molecular weight is 498 g/mol. The number of fused-ring (bicyclic) bond motifs is 2. The molecule has 0 bridgehead atoms. The number of azide groups is 1. The number of rotatable bonds is 1. The van der Waals surface area contributed by atoms with Crippen LogP contribution < -0.4 is 0 Å². The fourth-order valence-electron chi connectivity index (χ4n) is 3.66. The van der Waals surface area contributed by atoms with Crippen LogP contribution in [0, 0.1) is 0 Å². The summed E-state index contributed by atoms with van der Waals surface area (Å²) < 4.78 is 2.25. The molecule has 2 aliphatic rings. The molecule has 0 spiro atoms. The van der Waals surface area contributed by atoms with Crippen molar-refractivity contribution >= 4 is 43.5 Å². The second-order valence-electron chi connectivity index (χ2n) is 6.66. The molecule has 2 aromatic rings. The van der Waals surface area contributed by atoms with Crippen LogP contribution in [0.4, 0.5) is 0 Å². The Morgan fingerprint density at radius 2 is 1.50 bits per heavy atom. The summed E-state index contributed by atoms with van der Waals surface area (Å²) in [4.78, 5) is 2.89. The minimum atomic E-state index is 0.0387. The van der Waals surface area contributed by atoms with Gasteiger partial charge in [-0.05, 0) is 90.6 Å². The standard InChI is InChI=1S/C10H10BrCl.C10H10BrN3/c11-8-4-5-9-7(6-8)2-1-3-10(9)12;11-8-4-5-9-7(6-8)2-1-3-10(9)13-14-12/h4-6,10H,1-3H2;4-6,10H,1-3H2. The normalized spacial score (nSPS) is 20.7. The predicted octanol–water partition coefficient (Wildman–Crippen LogP) is 8.20. The summed E-state index contributed by atoms with van der Waals surface area (Å²) in [6.07, 6.45) is 6.68. The van der Waals surface area contributed by atoms with Gasteiger partial charge in [0.15, 0.2) is 0 Å². The van der Waals surface area contributed by atoms with E-state index in [9.17, 15) is 0 Å². The van der Waals surface area contributed by atoms with Crippen molar-refractivity contribution in [1.82, 2.24) is 0 Å². The van der Waals surface area contributed by atoms with Gasteiger partial charge in [-0.15, -0.1) is 11.6 Å². The van der Waals surface area contributed by atoms with Gasteiger partial charge in [-0.3, -0.25) is 0 Å². The average Bonchev–Trinajstić information content (AvgIpc) is 2.62. The fraction of sp³-hybridized carbons (Fsp3) is 0.400. The van der Waals surface area contributed by atoms with Gasteiger partial charge in [0.05, 0.1) is 11.4 Å². The van der Waals surface area contributed by atoms with E-state index in [-0.39, 0.29) is 11.4 Å². The third-order valence-corrected chi connectivity index (χ3v) is 6.36. The van der Waals surface area contributed by atoms with Crippen molar-refractivity contribution in [2.45, 2.75) is 49.9 Å². The van der Waals surface area contributed by atoms with Crippen molar-refractivity contribution < 1.29 is 0 Å². The smallest absolute Gasteiger partial charge is 0.0628 e. The topological polar surface area (TPSA) is 48.8 Å². The first-order chi connectivity index (χ1) is 12.6. The van der Waals surface area contributed by atoms with Crippen molar-refractivity contribution in [2.24, 2.45) is 5.11 Å². The first kappa shape index (κ1) is 19.8. The van der Waals surface area contributed by atoms with Gasteiger partial charge in [-0.1, -0.05) is 49.1 Å². The van der Waals surface area contributed by atoms with E-state index in [1.165, 1.54) is 35.1 Å². The molecule has 0 radical (unpaired) electrons. The highest BCUT2D eigenvalue weighted by molar-refractivity contribution is 9.10. The molecule has 0 saturated heterocycles. The van der Waals surface area contributed by atoms with E-state index in [1.54, 1.807) is 0 Å². The fourth-order valence-corrected chi connectivity index (χ4v) is 4.85. The van der Waals surface area contributed by atoms with Gasteiger partial charge in [0.2, 0.25) is 0 Å². The summed E-state index contributed by atoms with van der Waals surface area (Å²) in [7, 11) is 0. The number of hydrogen-bond acceptors (Lipinski definition) is 1. The molecule has 6 heteroatoms. The maximum atomic E-state index is 8.45. The van der Waals surface area contributed by atoms with Crippen molar-refractivity contribution in [1.29, 1.82) is 0 Å². The summed E-state index contributed by atoms with van der Waals surface area (Å²) in [5.74, 6) is 0. The predicted molar refractivity (Wildman–Crippen MR) is 115 cm³/mol. The highest BCUT2D eigenvalue weighted by Crippen LogP contribution is 2.36. The quantitative estimate of drug-likeness (QED) is 0.165. The van der Waals surface area contributed by atoms with Crippen LogP contribution in [0.1, 0.15) is 59.4 Å². The molecule has 0 N–H and O–H groups in total. The summed E-state index contributed by atoms with van der Waals surface area (Å²) in [6.45, 7) is 0. The summed E-state index contributed by atoms with van der Waals surface area (Å²) >= 11 is 13.1. The summed E-state index contributed by atoms with van der Waals surface area (Å²) in [5.41, 5.74) is 13.7. The van der Waals surface area contributed by atoms with Crippen molar-refractivity contribution in [2.75, 3.05) is 0 Å². The van der Waals surface area contributed by atoms with Gasteiger partial charge in [-0.25, -0.2) is 0 Å². The Morgan fingerprint density at radius 3 is 2.15 bits per heavy atom. The van der Waals surface area contributed by atoms with Gasteiger partial charge < -0.3 is 0 Å². The van der Waals surface area contributed by atoms with Crippen LogP contribution in [0.2, 0.25) is 0 Å². The molecule has 4 rings (SSSR count). The lowest BCUT2D eigenvalue weighted by Crippen LogP contribution is -2.07. The maximum absolute atomic E-state index is 8.45. The first-order valence-electron chi connectivity index (χ1n) is 8.83. The Morgan fingerprint density at radius 1 is 0.923 bits per heavy atom. The van der Waals surface area contributed by atoms with Crippen molar-refractivity contribution in [3.05, 3.63) is 78.0 Å². The van der Waals surface area contributed by atoms with E-state index in [1.807, 2.05) is 6.07 Å². The SMILES string of the molecule is ClC1CCCc2cc(Br)ccc21.[N-]=[N+]=NC1CCCc2cc(Br)ccc21. The zero-order valence-corrected chi connectivity index (χ0v) is 18.3. The molecular weight excluding hydrogens is 478 g/mol. The monoisotopic (exact) mass is 495 g/mol. The Balaban J connectivity index is 0.000000152. The lowest BCUT2D eigenvalue weighted by atomic mass is 9.88. The zero-order chi connectivity index (χ0) is 18.5. The maximum Gasteiger partial charge on any atom is 0.0628 e. The molecule has 0 fully saturated rings. The molecule has 0 saturated carbocycles. The Hall–Kier alpha value is -1.000. The van der Waals surface area contributed by atoms with Crippen LogP contribution in [0.15, 0.2) is 50.5 Å². The Labute approximate surface area is 176 Å². The Bertz CT molecular complexity index is 834. The minimum Gasteiger partial charge on any atom is -0.118 e. The third-order valence-electron chi connectivity index (χ3n) is 4.92. The lowest BCUT2D eigenvalue weighted by molar-refractivity contribution is 0.568. The van der Waals surface area contributed by atoms with E-state index in [4.69, 9.17) is 17.1 Å². The van der Waals surface area contributed by atoms with Crippen LogP contribution in [0.25, 0.3) is 10.4 Å². The number of hydrogen-bond donors (Lipinski definition) is 0. The number of nitrogens with zero attached hydrogens (tertiary/aromatic N) is 3. The Kier molecular flexibility index (Phi) is 7.05. The van der Waals surface area contributed by atoms with Gasteiger partial charge >= 0.3 is 0 Å². The third kappa shape index (κ3) is 4.83. The molecular formula is C20H20Br2ClN3. The lowest BCUT2D eigenvalue weighted by Gasteiger charge is -2.21. The van der Waals surface area contributed by atoms with Crippen LogP contribution in [-0.4, -0.2) is 0 Å². The number of benzene rings is 2. The number of alkyl halides is 1. The molecule has 0 aromatic heterocycles. The minimum absolute atomic E-state index is 0.0387. The van der Waals surface area contributed by atoms with E-state index >= 15 is 0 Å². The van der Waals surface area contributed by atoms with Gasteiger partial charge in [0, 0.05) is 13.9 Å². The molecule has 0 heterocycles. The van der Waals surface area contributed by atoms with Crippen LogP contribution >= 0.6 is 43.5 Å².